The van der Waals surface area contributed by atoms with E-state index in [1.807, 2.05) is 20.8 Å². The first kappa shape index (κ1) is 20.6. The largest absolute Gasteiger partial charge is 0.357 e. The number of carbonyl (C=O) groups excluding carboxylic acids is 3. The number of nitrogens with one attached hydrogen (secondary N) is 4. The van der Waals surface area contributed by atoms with Crippen molar-refractivity contribution in [2.75, 3.05) is 18.0 Å². The van der Waals surface area contributed by atoms with Crippen molar-refractivity contribution < 1.29 is 14.4 Å². The smallest absolute Gasteiger partial charge is 0.257 e. The molecule has 0 spiro atoms. The van der Waals surface area contributed by atoms with Gasteiger partial charge in [-0.1, -0.05) is 0 Å². The Morgan fingerprint density at radius 2 is 1.81 bits per heavy atom. The fraction of sp³-hybridized carbons (Fsp3) is 0.444. The van der Waals surface area contributed by atoms with Crippen LogP contribution in [0.4, 0.5) is 5.69 Å². The summed E-state index contributed by atoms with van der Waals surface area (Å²) in [5.41, 5.74) is 5.95. The van der Waals surface area contributed by atoms with Gasteiger partial charge in [-0.15, -0.1) is 0 Å². The van der Waals surface area contributed by atoms with Crippen molar-refractivity contribution in [2.24, 2.45) is 0 Å². The maximum atomic E-state index is 12.1. The average Bonchev–Trinajstić information content (AvgIpc) is 3.02. The molecule has 27 heavy (non-hydrogen) atoms. The number of hydrogen-bond acceptors (Lipinski definition) is 4. The van der Waals surface area contributed by atoms with Gasteiger partial charge in [0.2, 0.25) is 5.91 Å². The third kappa shape index (κ3) is 6.52. The molecule has 8 nitrogen and oxygen atoms in total. The molecule has 0 aliphatic carbocycles. The third-order valence-corrected chi connectivity index (χ3v) is 3.93. The van der Waals surface area contributed by atoms with Gasteiger partial charge in [0.25, 0.3) is 11.8 Å². The van der Waals surface area contributed by atoms with Crippen LogP contribution in [0.15, 0.2) is 24.3 Å². The maximum Gasteiger partial charge on any atom is 0.257 e. The lowest BCUT2D eigenvalue weighted by Gasteiger charge is -2.23. The van der Waals surface area contributed by atoms with E-state index in [0.717, 1.165) is 12.1 Å². The van der Waals surface area contributed by atoms with E-state index in [1.165, 1.54) is 0 Å². The van der Waals surface area contributed by atoms with Crippen LogP contribution in [-0.4, -0.2) is 41.5 Å². The van der Waals surface area contributed by atoms with Crippen LogP contribution in [0.2, 0.25) is 0 Å². The molecule has 1 aromatic carbocycles. The van der Waals surface area contributed by atoms with E-state index < -0.39 is 5.91 Å². The SMILES string of the molecule is CC(C)(C)NC(=S)NNC(=O)CNC(=O)c1ccc(N2CCCC2=O)cc1. The van der Waals surface area contributed by atoms with Crippen LogP contribution in [0.3, 0.4) is 0 Å². The highest BCUT2D eigenvalue weighted by atomic mass is 32.1. The fourth-order valence-corrected chi connectivity index (χ4v) is 2.88. The molecule has 0 aromatic heterocycles. The molecule has 3 amide bonds. The normalized spacial score (nSPS) is 13.9. The van der Waals surface area contributed by atoms with E-state index >= 15 is 0 Å². The summed E-state index contributed by atoms with van der Waals surface area (Å²) in [6.45, 7) is 6.32. The Morgan fingerprint density at radius 3 is 2.37 bits per heavy atom. The highest BCUT2D eigenvalue weighted by Gasteiger charge is 2.21. The van der Waals surface area contributed by atoms with E-state index in [2.05, 4.69) is 21.5 Å². The zero-order valence-corrected chi connectivity index (χ0v) is 16.5. The fourth-order valence-electron chi connectivity index (χ4n) is 2.52. The average molecular weight is 391 g/mol. The van der Waals surface area contributed by atoms with Gasteiger partial charge < -0.3 is 15.5 Å². The van der Waals surface area contributed by atoms with Gasteiger partial charge in [-0.3, -0.25) is 25.2 Å². The van der Waals surface area contributed by atoms with Crippen LogP contribution in [-0.2, 0) is 9.59 Å². The Hall–Kier alpha value is -2.68. The second-order valence-corrected chi connectivity index (χ2v) is 7.66. The van der Waals surface area contributed by atoms with Gasteiger partial charge >= 0.3 is 0 Å². The van der Waals surface area contributed by atoms with Gasteiger partial charge in [-0.25, -0.2) is 0 Å². The Labute approximate surface area is 164 Å². The van der Waals surface area contributed by atoms with Crippen molar-refractivity contribution in [2.45, 2.75) is 39.2 Å². The van der Waals surface area contributed by atoms with Crippen LogP contribution in [0, 0.1) is 0 Å². The van der Waals surface area contributed by atoms with Crippen molar-refractivity contribution in [3.63, 3.8) is 0 Å². The highest BCUT2D eigenvalue weighted by molar-refractivity contribution is 7.80. The van der Waals surface area contributed by atoms with E-state index in [0.29, 0.717) is 18.5 Å². The number of rotatable bonds is 4. The zero-order valence-electron chi connectivity index (χ0n) is 15.7. The Bertz CT molecular complexity index is 728. The summed E-state index contributed by atoms with van der Waals surface area (Å²) >= 11 is 5.05. The van der Waals surface area contributed by atoms with E-state index in [1.54, 1.807) is 29.2 Å². The molecule has 1 fully saturated rings. The van der Waals surface area contributed by atoms with E-state index in [9.17, 15) is 14.4 Å². The lowest BCUT2D eigenvalue weighted by molar-refractivity contribution is -0.120. The summed E-state index contributed by atoms with van der Waals surface area (Å²) in [5.74, 6) is -0.712. The second-order valence-electron chi connectivity index (χ2n) is 7.26. The van der Waals surface area contributed by atoms with Crippen LogP contribution < -0.4 is 26.4 Å². The van der Waals surface area contributed by atoms with Crippen molar-refractivity contribution in [3.8, 4) is 0 Å². The molecular weight excluding hydrogens is 366 g/mol. The number of hydrogen-bond donors (Lipinski definition) is 4. The van der Waals surface area contributed by atoms with Crippen LogP contribution in [0.25, 0.3) is 0 Å². The molecule has 4 N–H and O–H groups in total. The minimum Gasteiger partial charge on any atom is -0.357 e. The monoisotopic (exact) mass is 391 g/mol. The molecular formula is C18H25N5O3S. The van der Waals surface area contributed by atoms with Gasteiger partial charge in [0.05, 0.1) is 6.54 Å². The summed E-state index contributed by atoms with van der Waals surface area (Å²) in [6, 6.07) is 6.73. The number of carbonyl (C=O) groups is 3. The Morgan fingerprint density at radius 1 is 1.15 bits per heavy atom. The number of amides is 3. The van der Waals surface area contributed by atoms with Crippen LogP contribution in [0.1, 0.15) is 44.0 Å². The number of hydrazine groups is 1. The molecule has 9 heteroatoms. The standard InChI is InChI=1S/C18H25N5O3S/c1-18(2,3)20-17(27)22-21-14(24)11-19-16(26)12-6-8-13(9-7-12)23-10-4-5-15(23)25/h6-9H,4-5,10-11H2,1-3H3,(H,19,26)(H,21,24)(H2,20,22,27). The molecule has 1 aliphatic rings. The van der Waals surface area contributed by atoms with E-state index in [-0.39, 0.29) is 29.0 Å². The van der Waals surface area contributed by atoms with Gasteiger partial charge in [-0.2, -0.15) is 0 Å². The summed E-state index contributed by atoms with van der Waals surface area (Å²) in [4.78, 5) is 37.4. The lowest BCUT2D eigenvalue weighted by Crippen LogP contribution is -2.53. The van der Waals surface area contributed by atoms with Crippen molar-refractivity contribution >= 4 is 40.7 Å². The summed E-state index contributed by atoms with van der Waals surface area (Å²) in [5, 5.41) is 5.81. The molecule has 0 atom stereocenters. The molecule has 1 aromatic rings. The zero-order chi connectivity index (χ0) is 20.0. The van der Waals surface area contributed by atoms with Gasteiger partial charge in [0.15, 0.2) is 5.11 Å². The van der Waals surface area contributed by atoms with Gasteiger partial charge in [-0.05, 0) is 63.7 Å². The number of thiocarbonyl (C=S) groups is 1. The Kier molecular flexibility index (Phi) is 6.73. The summed E-state index contributed by atoms with van der Waals surface area (Å²) in [7, 11) is 0. The molecule has 0 radical (unpaired) electrons. The minimum absolute atomic E-state index is 0.0928. The second kappa shape index (κ2) is 8.81. The lowest BCUT2D eigenvalue weighted by atomic mass is 10.1. The molecule has 0 bridgehead atoms. The maximum absolute atomic E-state index is 12.1. The molecule has 1 aliphatic heterocycles. The quantitative estimate of drug-likeness (QED) is 0.448. The van der Waals surface area contributed by atoms with Crippen LogP contribution >= 0.6 is 12.2 Å². The topological polar surface area (TPSA) is 103 Å². The molecule has 146 valence electrons. The first-order chi connectivity index (χ1) is 12.7. The highest BCUT2D eigenvalue weighted by Crippen LogP contribution is 2.21. The molecule has 1 heterocycles. The minimum atomic E-state index is -0.430. The van der Waals surface area contributed by atoms with Crippen molar-refractivity contribution in [1.82, 2.24) is 21.5 Å². The van der Waals surface area contributed by atoms with Gasteiger partial charge in [0, 0.05) is 29.8 Å². The van der Waals surface area contributed by atoms with Crippen LogP contribution in [0.5, 0.6) is 0 Å². The molecule has 0 saturated carbocycles. The first-order valence-electron chi connectivity index (χ1n) is 8.71. The number of benzene rings is 1. The van der Waals surface area contributed by atoms with Crippen molar-refractivity contribution in [3.05, 3.63) is 29.8 Å². The van der Waals surface area contributed by atoms with Crippen molar-refractivity contribution in [1.29, 1.82) is 0 Å². The Balaban J connectivity index is 1.77. The van der Waals surface area contributed by atoms with E-state index in [4.69, 9.17) is 12.2 Å². The predicted molar refractivity (Wildman–Crippen MR) is 107 cm³/mol. The first-order valence-corrected chi connectivity index (χ1v) is 9.12. The summed E-state index contributed by atoms with van der Waals surface area (Å²) < 4.78 is 0. The number of nitrogens with zero attached hydrogens (tertiary/aromatic N) is 1. The predicted octanol–water partition coefficient (Wildman–Crippen LogP) is 0.837. The third-order valence-electron chi connectivity index (χ3n) is 3.73. The molecule has 2 rings (SSSR count). The molecule has 0 unspecified atom stereocenters. The molecule has 1 saturated heterocycles. The summed E-state index contributed by atoms with van der Waals surface area (Å²) in [6.07, 6.45) is 1.40. The van der Waals surface area contributed by atoms with Gasteiger partial charge in [0.1, 0.15) is 0 Å². The number of anilines is 1.